The highest BCUT2D eigenvalue weighted by atomic mass is 32.1. The molecule has 21 heavy (non-hydrogen) atoms. The van der Waals surface area contributed by atoms with Gasteiger partial charge < -0.3 is 15.3 Å². The highest BCUT2D eigenvalue weighted by Crippen LogP contribution is 2.35. The van der Waals surface area contributed by atoms with Crippen LogP contribution in [0.5, 0.6) is 0 Å². The number of carbonyl (C=O) groups excluding carboxylic acids is 1. The summed E-state index contributed by atoms with van der Waals surface area (Å²) in [6, 6.07) is -0.167. The monoisotopic (exact) mass is 310 g/mol. The predicted octanol–water partition coefficient (Wildman–Crippen LogP) is 2.84. The first-order valence-corrected chi connectivity index (χ1v) is 8.20. The third-order valence-electron chi connectivity index (χ3n) is 4.21. The van der Waals surface area contributed by atoms with E-state index in [-0.39, 0.29) is 6.03 Å². The predicted molar refractivity (Wildman–Crippen MR) is 82.5 cm³/mol. The molecule has 1 aliphatic rings. The lowest BCUT2D eigenvalue weighted by molar-refractivity contribution is -0.148. The number of amides is 2. The minimum Gasteiger partial charge on any atom is -0.481 e. The van der Waals surface area contributed by atoms with Crippen LogP contribution in [0.2, 0.25) is 0 Å². The van der Waals surface area contributed by atoms with Crippen molar-refractivity contribution in [3.63, 3.8) is 0 Å². The van der Waals surface area contributed by atoms with Crippen LogP contribution in [0.4, 0.5) is 4.79 Å². The Hall–Kier alpha value is -1.56. The lowest BCUT2D eigenvalue weighted by Gasteiger charge is -2.24. The minimum atomic E-state index is -0.784. The number of thiophene rings is 1. The summed E-state index contributed by atoms with van der Waals surface area (Å²) in [5.41, 5.74) is 1.53. The molecule has 2 amide bonds. The number of carboxylic acid groups (broad SMARTS) is 1. The lowest BCUT2D eigenvalue weighted by atomic mass is 9.83. The van der Waals surface area contributed by atoms with Gasteiger partial charge in [-0.05, 0) is 41.7 Å². The molecule has 0 aliphatic carbocycles. The van der Waals surface area contributed by atoms with E-state index in [4.69, 9.17) is 0 Å². The highest BCUT2D eigenvalue weighted by molar-refractivity contribution is 7.08. The second kappa shape index (κ2) is 6.47. The molecule has 1 aromatic heterocycles. The second-order valence-electron chi connectivity index (χ2n) is 5.75. The fourth-order valence-electron chi connectivity index (χ4n) is 2.86. The van der Waals surface area contributed by atoms with E-state index in [0.29, 0.717) is 32.5 Å². The van der Waals surface area contributed by atoms with Gasteiger partial charge in [0.15, 0.2) is 0 Å². The summed E-state index contributed by atoms with van der Waals surface area (Å²) in [6.07, 6.45) is 1.98. The van der Waals surface area contributed by atoms with Gasteiger partial charge in [0.05, 0.1) is 5.41 Å². The Morgan fingerprint density at radius 1 is 1.48 bits per heavy atom. The Balaban J connectivity index is 1.92. The molecular weight excluding hydrogens is 288 g/mol. The van der Waals surface area contributed by atoms with Crippen LogP contribution in [0, 0.1) is 12.3 Å². The first-order valence-electron chi connectivity index (χ1n) is 7.26. The molecule has 1 aliphatic heterocycles. The smallest absolute Gasteiger partial charge is 0.317 e. The Bertz CT molecular complexity index is 529. The van der Waals surface area contributed by atoms with Gasteiger partial charge in [0, 0.05) is 19.6 Å². The summed E-state index contributed by atoms with van der Waals surface area (Å²) in [6.45, 7) is 5.32. The topological polar surface area (TPSA) is 69.6 Å². The number of aliphatic carboxylic acids is 1. The Kier molecular flexibility index (Phi) is 4.88. The van der Waals surface area contributed by atoms with E-state index in [9.17, 15) is 14.7 Å². The van der Waals surface area contributed by atoms with Crippen LogP contribution in [-0.2, 0) is 11.3 Å². The van der Waals surface area contributed by atoms with Crippen LogP contribution in [0.25, 0.3) is 0 Å². The van der Waals surface area contributed by atoms with Crippen LogP contribution >= 0.6 is 11.3 Å². The van der Waals surface area contributed by atoms with E-state index in [0.717, 1.165) is 12.0 Å². The lowest BCUT2D eigenvalue weighted by Crippen LogP contribution is -2.41. The van der Waals surface area contributed by atoms with Gasteiger partial charge in [0.25, 0.3) is 0 Å². The third kappa shape index (κ3) is 3.37. The number of carboxylic acids is 1. The van der Waals surface area contributed by atoms with Gasteiger partial charge in [-0.3, -0.25) is 4.79 Å². The molecule has 1 atom stereocenters. The third-order valence-corrected chi connectivity index (χ3v) is 5.13. The maximum atomic E-state index is 12.2. The molecule has 0 radical (unpaired) electrons. The molecule has 2 heterocycles. The number of hydrogen-bond donors (Lipinski definition) is 2. The van der Waals surface area contributed by atoms with Crippen LogP contribution < -0.4 is 5.32 Å². The summed E-state index contributed by atoms with van der Waals surface area (Å²) >= 11 is 1.62. The molecule has 0 bridgehead atoms. The van der Waals surface area contributed by atoms with Crippen LogP contribution in [0.3, 0.4) is 0 Å². The van der Waals surface area contributed by atoms with Crippen LogP contribution in [0.15, 0.2) is 10.8 Å². The number of nitrogens with one attached hydrogen (secondary N) is 1. The summed E-state index contributed by atoms with van der Waals surface area (Å²) in [5.74, 6) is -0.784. The van der Waals surface area contributed by atoms with Crippen molar-refractivity contribution in [2.45, 2.75) is 39.7 Å². The molecular formula is C15H22N2O3S. The molecule has 6 heteroatoms. The van der Waals surface area contributed by atoms with Gasteiger partial charge in [-0.2, -0.15) is 11.3 Å². The van der Waals surface area contributed by atoms with Gasteiger partial charge in [0.1, 0.15) is 0 Å². The molecule has 2 rings (SSSR count). The van der Waals surface area contributed by atoms with Crippen molar-refractivity contribution in [3.8, 4) is 0 Å². The van der Waals surface area contributed by atoms with Crippen molar-refractivity contribution in [1.82, 2.24) is 10.2 Å². The highest BCUT2D eigenvalue weighted by Gasteiger charge is 2.45. The zero-order valence-electron chi connectivity index (χ0n) is 12.5. The summed E-state index contributed by atoms with van der Waals surface area (Å²) < 4.78 is 0. The maximum Gasteiger partial charge on any atom is 0.317 e. The van der Waals surface area contributed by atoms with Crippen molar-refractivity contribution in [2.24, 2.45) is 5.41 Å². The molecule has 1 unspecified atom stereocenters. The number of carbonyl (C=O) groups is 2. The average molecular weight is 310 g/mol. The first kappa shape index (κ1) is 15.8. The number of aryl methyl sites for hydroxylation is 1. The van der Waals surface area contributed by atoms with Gasteiger partial charge in [-0.25, -0.2) is 4.79 Å². The number of hydrogen-bond acceptors (Lipinski definition) is 3. The summed E-state index contributed by atoms with van der Waals surface area (Å²) in [7, 11) is 0. The Labute approximate surface area is 129 Å². The standard InChI is InChI=1S/C15H22N2O3S/c1-3-4-15(13(18)19)5-6-17(10-15)14(20)16-7-12-9-21-8-11(12)2/h8-9H,3-7,10H2,1-2H3,(H,16,20)(H,18,19). The molecule has 1 aromatic rings. The Morgan fingerprint density at radius 2 is 2.24 bits per heavy atom. The molecule has 1 fully saturated rings. The van der Waals surface area contributed by atoms with E-state index in [1.807, 2.05) is 24.6 Å². The minimum absolute atomic E-state index is 0.167. The fraction of sp³-hybridized carbons (Fsp3) is 0.600. The molecule has 0 aromatic carbocycles. The van der Waals surface area contributed by atoms with Crippen molar-refractivity contribution >= 4 is 23.3 Å². The quantitative estimate of drug-likeness (QED) is 0.878. The largest absolute Gasteiger partial charge is 0.481 e. The van der Waals surface area contributed by atoms with E-state index in [1.165, 1.54) is 5.56 Å². The van der Waals surface area contributed by atoms with Gasteiger partial charge >= 0.3 is 12.0 Å². The van der Waals surface area contributed by atoms with E-state index in [1.54, 1.807) is 16.2 Å². The van der Waals surface area contributed by atoms with Crippen molar-refractivity contribution in [2.75, 3.05) is 13.1 Å². The Morgan fingerprint density at radius 3 is 2.81 bits per heavy atom. The molecule has 116 valence electrons. The second-order valence-corrected chi connectivity index (χ2v) is 6.49. The summed E-state index contributed by atoms with van der Waals surface area (Å²) in [4.78, 5) is 25.3. The summed E-state index contributed by atoms with van der Waals surface area (Å²) in [5, 5.41) is 16.4. The molecule has 2 N–H and O–H groups in total. The zero-order valence-corrected chi connectivity index (χ0v) is 13.3. The van der Waals surface area contributed by atoms with E-state index < -0.39 is 11.4 Å². The molecule has 0 saturated carbocycles. The van der Waals surface area contributed by atoms with Gasteiger partial charge in [0.2, 0.25) is 0 Å². The van der Waals surface area contributed by atoms with Gasteiger partial charge in [-0.1, -0.05) is 13.3 Å². The maximum absolute atomic E-state index is 12.2. The number of likely N-dealkylation sites (tertiary alicyclic amines) is 1. The first-order chi connectivity index (χ1) is 9.98. The normalized spacial score (nSPS) is 21.5. The van der Waals surface area contributed by atoms with Crippen LogP contribution in [0.1, 0.15) is 37.3 Å². The van der Waals surface area contributed by atoms with E-state index in [2.05, 4.69) is 5.32 Å². The fourth-order valence-corrected chi connectivity index (χ4v) is 3.72. The van der Waals surface area contributed by atoms with E-state index >= 15 is 0 Å². The van der Waals surface area contributed by atoms with Crippen molar-refractivity contribution in [3.05, 3.63) is 21.9 Å². The molecule has 5 nitrogen and oxygen atoms in total. The van der Waals surface area contributed by atoms with Crippen molar-refractivity contribution in [1.29, 1.82) is 0 Å². The molecule has 0 spiro atoms. The number of rotatable bonds is 5. The average Bonchev–Trinajstić information content (AvgIpc) is 3.04. The van der Waals surface area contributed by atoms with Crippen molar-refractivity contribution < 1.29 is 14.7 Å². The number of urea groups is 1. The number of nitrogens with zero attached hydrogens (tertiary/aromatic N) is 1. The van der Waals surface area contributed by atoms with Gasteiger partial charge in [-0.15, -0.1) is 0 Å². The zero-order chi connectivity index (χ0) is 15.5. The van der Waals surface area contributed by atoms with Crippen LogP contribution in [-0.4, -0.2) is 35.1 Å². The molecule has 1 saturated heterocycles. The SMILES string of the molecule is CCCC1(C(=O)O)CCN(C(=O)NCc2cscc2C)C1.